The number of benzene rings is 2. The van der Waals surface area contributed by atoms with Crippen molar-refractivity contribution in [3.8, 4) is 0 Å². The molecule has 2 nitrogen and oxygen atoms in total. The third kappa shape index (κ3) is 2.44. The third-order valence-electron chi connectivity index (χ3n) is 2.83. The molecule has 0 heterocycles. The predicted molar refractivity (Wildman–Crippen MR) is 75.8 cm³/mol. The maximum Gasteiger partial charge on any atom is 0.227 e. The van der Waals surface area contributed by atoms with Gasteiger partial charge < -0.3 is 4.90 Å². The fraction of sp³-hybridized carbons (Fsp3) is 0.214. The second kappa shape index (κ2) is 5.23. The molecule has 0 radical (unpaired) electrons. The van der Waals surface area contributed by atoms with E-state index in [0.717, 1.165) is 16.5 Å². The summed E-state index contributed by atoms with van der Waals surface area (Å²) in [4.78, 5) is 13.6. The molecule has 2 aromatic rings. The van der Waals surface area contributed by atoms with Gasteiger partial charge in [0.2, 0.25) is 5.91 Å². The summed E-state index contributed by atoms with van der Waals surface area (Å²) < 4.78 is 0. The highest BCUT2D eigenvalue weighted by molar-refractivity contribution is 7.80. The van der Waals surface area contributed by atoms with Crippen LogP contribution in [-0.4, -0.2) is 18.7 Å². The number of fused-ring (bicyclic) bond motifs is 1. The topological polar surface area (TPSA) is 20.3 Å². The summed E-state index contributed by atoms with van der Waals surface area (Å²) in [5, 5.41) is 2.25. The van der Waals surface area contributed by atoms with Crippen molar-refractivity contribution in [3.05, 3.63) is 42.5 Å². The first-order valence-electron chi connectivity index (χ1n) is 5.59. The van der Waals surface area contributed by atoms with E-state index < -0.39 is 0 Å². The highest BCUT2D eigenvalue weighted by atomic mass is 32.1. The fourth-order valence-electron chi connectivity index (χ4n) is 1.90. The van der Waals surface area contributed by atoms with Gasteiger partial charge in [-0.25, -0.2) is 0 Å². The Morgan fingerprint density at radius 1 is 1.18 bits per heavy atom. The zero-order valence-electron chi connectivity index (χ0n) is 9.76. The Hall–Kier alpha value is -1.48. The van der Waals surface area contributed by atoms with Crippen LogP contribution in [-0.2, 0) is 4.79 Å². The number of rotatable bonds is 3. The van der Waals surface area contributed by atoms with Crippen molar-refractivity contribution in [1.29, 1.82) is 0 Å². The molecule has 0 unspecified atom stereocenters. The number of hydrogen-bond donors (Lipinski definition) is 1. The van der Waals surface area contributed by atoms with E-state index in [0.29, 0.717) is 12.2 Å². The molecule has 17 heavy (non-hydrogen) atoms. The maximum absolute atomic E-state index is 11.9. The van der Waals surface area contributed by atoms with Gasteiger partial charge >= 0.3 is 0 Å². The molecule has 0 aliphatic carbocycles. The lowest BCUT2D eigenvalue weighted by Crippen LogP contribution is -2.26. The Morgan fingerprint density at radius 3 is 2.65 bits per heavy atom. The average Bonchev–Trinajstić information content (AvgIpc) is 2.37. The lowest BCUT2D eigenvalue weighted by Gasteiger charge is -2.19. The molecular formula is C14H15NOS. The average molecular weight is 245 g/mol. The van der Waals surface area contributed by atoms with E-state index in [1.165, 1.54) is 0 Å². The van der Waals surface area contributed by atoms with Gasteiger partial charge in [-0.2, -0.15) is 12.6 Å². The van der Waals surface area contributed by atoms with E-state index in [2.05, 4.69) is 24.8 Å². The summed E-state index contributed by atoms with van der Waals surface area (Å²) in [6.45, 7) is 0. The van der Waals surface area contributed by atoms with Crippen LogP contribution in [0.25, 0.3) is 10.8 Å². The molecule has 0 aromatic heterocycles. The standard InChI is InChI=1S/C14H15NOS/c1-15(14(16)9-10-17)13-8-4-6-11-5-2-3-7-12(11)13/h2-8,17H,9-10H2,1H3. The van der Waals surface area contributed by atoms with Crippen LogP contribution in [0, 0.1) is 0 Å². The van der Waals surface area contributed by atoms with Crippen molar-refractivity contribution in [2.75, 3.05) is 17.7 Å². The molecule has 2 rings (SSSR count). The molecule has 0 N–H and O–H groups in total. The van der Waals surface area contributed by atoms with Crippen LogP contribution < -0.4 is 4.90 Å². The Bertz CT molecular complexity index is 533. The van der Waals surface area contributed by atoms with E-state index in [9.17, 15) is 4.79 Å². The lowest BCUT2D eigenvalue weighted by atomic mass is 10.1. The molecule has 0 saturated carbocycles. The van der Waals surface area contributed by atoms with Gasteiger partial charge in [0.15, 0.2) is 0 Å². The summed E-state index contributed by atoms with van der Waals surface area (Å²) in [6, 6.07) is 14.1. The summed E-state index contributed by atoms with van der Waals surface area (Å²) >= 11 is 4.09. The van der Waals surface area contributed by atoms with Crippen molar-refractivity contribution in [3.63, 3.8) is 0 Å². The number of nitrogens with zero attached hydrogens (tertiary/aromatic N) is 1. The molecule has 1 amide bonds. The van der Waals surface area contributed by atoms with E-state index in [4.69, 9.17) is 0 Å². The van der Waals surface area contributed by atoms with Gasteiger partial charge in [0.1, 0.15) is 0 Å². The second-order valence-corrected chi connectivity index (χ2v) is 4.37. The molecule has 0 fully saturated rings. The van der Waals surface area contributed by atoms with Crippen molar-refractivity contribution in [2.45, 2.75) is 6.42 Å². The predicted octanol–water partition coefficient (Wildman–Crippen LogP) is 3.12. The monoisotopic (exact) mass is 245 g/mol. The summed E-state index contributed by atoms with van der Waals surface area (Å²) in [7, 11) is 1.81. The molecule has 2 aromatic carbocycles. The zero-order valence-corrected chi connectivity index (χ0v) is 10.7. The number of thiol groups is 1. The van der Waals surface area contributed by atoms with Gasteiger partial charge in [0.05, 0.1) is 5.69 Å². The molecular weight excluding hydrogens is 230 g/mol. The van der Waals surface area contributed by atoms with Gasteiger partial charge in [-0.1, -0.05) is 36.4 Å². The molecule has 0 spiro atoms. The molecule has 88 valence electrons. The Labute approximate surface area is 107 Å². The minimum Gasteiger partial charge on any atom is -0.315 e. The number of carbonyl (C=O) groups excluding carboxylic acids is 1. The van der Waals surface area contributed by atoms with Crippen LogP contribution in [0.2, 0.25) is 0 Å². The summed E-state index contributed by atoms with van der Waals surface area (Å²) in [5.74, 6) is 0.671. The number of carbonyl (C=O) groups is 1. The van der Waals surface area contributed by atoms with Crippen LogP contribution in [0.5, 0.6) is 0 Å². The number of hydrogen-bond acceptors (Lipinski definition) is 2. The SMILES string of the molecule is CN(C(=O)CCS)c1cccc2ccccc12. The third-order valence-corrected chi connectivity index (χ3v) is 3.05. The maximum atomic E-state index is 11.9. The number of anilines is 1. The quantitative estimate of drug-likeness (QED) is 0.824. The smallest absolute Gasteiger partial charge is 0.227 e. The van der Waals surface area contributed by atoms with E-state index in [-0.39, 0.29) is 5.91 Å². The first-order valence-corrected chi connectivity index (χ1v) is 6.22. The van der Waals surface area contributed by atoms with Crippen molar-refractivity contribution in [1.82, 2.24) is 0 Å². The van der Waals surface area contributed by atoms with Gasteiger partial charge in [-0.05, 0) is 17.2 Å². The van der Waals surface area contributed by atoms with Crippen molar-refractivity contribution >= 4 is 35.0 Å². The van der Waals surface area contributed by atoms with Crippen molar-refractivity contribution < 1.29 is 4.79 Å². The van der Waals surface area contributed by atoms with Crippen LogP contribution in [0.1, 0.15) is 6.42 Å². The summed E-state index contributed by atoms with van der Waals surface area (Å²) in [6.07, 6.45) is 0.461. The molecule has 3 heteroatoms. The Balaban J connectivity index is 2.44. The highest BCUT2D eigenvalue weighted by Crippen LogP contribution is 2.26. The second-order valence-electron chi connectivity index (χ2n) is 3.92. The molecule has 0 bridgehead atoms. The van der Waals surface area contributed by atoms with Gasteiger partial charge in [-0.15, -0.1) is 0 Å². The Morgan fingerprint density at radius 2 is 1.88 bits per heavy atom. The molecule has 0 aliphatic rings. The van der Waals surface area contributed by atoms with E-state index >= 15 is 0 Å². The van der Waals surface area contributed by atoms with Crippen LogP contribution in [0.3, 0.4) is 0 Å². The van der Waals surface area contributed by atoms with Crippen molar-refractivity contribution in [2.24, 2.45) is 0 Å². The van der Waals surface area contributed by atoms with E-state index in [1.54, 1.807) is 4.90 Å². The molecule has 0 saturated heterocycles. The molecule has 0 atom stereocenters. The fourth-order valence-corrected chi connectivity index (χ4v) is 2.09. The minimum absolute atomic E-state index is 0.0938. The van der Waals surface area contributed by atoms with Crippen LogP contribution in [0.15, 0.2) is 42.5 Å². The first kappa shape index (κ1) is 12.0. The largest absolute Gasteiger partial charge is 0.315 e. The first-order chi connectivity index (χ1) is 8.24. The number of amides is 1. The Kier molecular flexibility index (Phi) is 3.69. The normalized spacial score (nSPS) is 10.5. The van der Waals surface area contributed by atoms with E-state index in [1.807, 2.05) is 37.4 Å². The van der Waals surface area contributed by atoms with Gasteiger partial charge in [0, 0.05) is 18.9 Å². The van der Waals surface area contributed by atoms with Gasteiger partial charge in [-0.3, -0.25) is 4.79 Å². The highest BCUT2D eigenvalue weighted by Gasteiger charge is 2.11. The lowest BCUT2D eigenvalue weighted by molar-refractivity contribution is -0.117. The van der Waals surface area contributed by atoms with Gasteiger partial charge in [0.25, 0.3) is 0 Å². The van der Waals surface area contributed by atoms with Crippen LogP contribution >= 0.6 is 12.6 Å². The van der Waals surface area contributed by atoms with Crippen LogP contribution in [0.4, 0.5) is 5.69 Å². The summed E-state index contributed by atoms with van der Waals surface area (Å²) in [5.41, 5.74) is 0.954. The zero-order chi connectivity index (χ0) is 12.3. The molecule has 0 aliphatic heterocycles. The minimum atomic E-state index is 0.0938.